The molecule has 8 nitrogen and oxygen atoms in total. The van der Waals surface area contributed by atoms with Crippen LogP contribution in [0.4, 0.5) is 4.79 Å². The molecule has 4 amide bonds. The summed E-state index contributed by atoms with van der Waals surface area (Å²) in [7, 11) is 0. The smallest absolute Gasteiger partial charge is 0.321 e. The van der Waals surface area contributed by atoms with Gasteiger partial charge in [-0.25, -0.2) is 4.79 Å². The fourth-order valence-electron chi connectivity index (χ4n) is 3.96. The minimum atomic E-state index is -0.689. The first-order chi connectivity index (χ1) is 13.2. The van der Waals surface area contributed by atoms with Gasteiger partial charge in [-0.3, -0.25) is 19.7 Å². The summed E-state index contributed by atoms with van der Waals surface area (Å²) in [5.74, 6) is -0.609. The number of nitrogens with one attached hydrogen (secondary N) is 2. The van der Waals surface area contributed by atoms with Gasteiger partial charge in [-0.2, -0.15) is 0 Å². The van der Waals surface area contributed by atoms with Gasteiger partial charge in [0, 0.05) is 25.6 Å². The van der Waals surface area contributed by atoms with E-state index >= 15 is 0 Å². The third-order valence-electron chi connectivity index (χ3n) is 5.83. The quantitative estimate of drug-likeness (QED) is 0.666. The van der Waals surface area contributed by atoms with Crippen LogP contribution >= 0.6 is 0 Å². The van der Waals surface area contributed by atoms with Crippen molar-refractivity contribution in [1.82, 2.24) is 15.5 Å². The molecule has 0 spiro atoms. The highest BCUT2D eigenvalue weighted by atomic mass is 16.5. The lowest BCUT2D eigenvalue weighted by Crippen LogP contribution is -2.45. The van der Waals surface area contributed by atoms with E-state index in [9.17, 15) is 19.2 Å². The topological polar surface area (TPSA) is 105 Å². The number of rotatable bonds is 6. The molecule has 2 rings (SSSR count). The number of esters is 1. The first-order valence-electron chi connectivity index (χ1n) is 10.2. The third-order valence-corrected chi connectivity index (χ3v) is 5.83. The van der Waals surface area contributed by atoms with Gasteiger partial charge in [0.05, 0.1) is 5.92 Å². The van der Waals surface area contributed by atoms with E-state index in [0.717, 1.165) is 12.8 Å². The first-order valence-corrected chi connectivity index (χ1v) is 10.2. The van der Waals surface area contributed by atoms with E-state index in [4.69, 9.17) is 4.74 Å². The molecule has 1 aliphatic carbocycles. The maximum absolute atomic E-state index is 12.4. The van der Waals surface area contributed by atoms with E-state index in [2.05, 4.69) is 24.5 Å². The summed E-state index contributed by atoms with van der Waals surface area (Å²) < 4.78 is 5.04. The summed E-state index contributed by atoms with van der Waals surface area (Å²) in [6, 6.07) is -0.445. The Labute approximate surface area is 166 Å². The Balaban J connectivity index is 1.78. The Hall–Kier alpha value is -2.12. The van der Waals surface area contributed by atoms with Crippen LogP contribution in [0.1, 0.15) is 53.4 Å². The Morgan fingerprint density at radius 1 is 1.21 bits per heavy atom. The Bertz CT molecular complexity index is 607. The lowest BCUT2D eigenvalue weighted by atomic mass is 9.77. The average molecular weight is 396 g/mol. The molecule has 2 fully saturated rings. The van der Waals surface area contributed by atoms with Gasteiger partial charge in [-0.15, -0.1) is 0 Å². The highest BCUT2D eigenvalue weighted by Gasteiger charge is 2.42. The lowest BCUT2D eigenvalue weighted by molar-refractivity contribution is -0.152. The van der Waals surface area contributed by atoms with Gasteiger partial charge in [0.2, 0.25) is 5.91 Å². The summed E-state index contributed by atoms with van der Waals surface area (Å²) in [4.78, 5) is 49.8. The molecule has 0 aromatic heterocycles. The maximum atomic E-state index is 12.4. The van der Waals surface area contributed by atoms with Crippen molar-refractivity contribution < 1.29 is 23.9 Å². The number of carbonyl (C=O) groups is 4. The number of likely N-dealkylation sites (tertiary alicyclic amines) is 1. The summed E-state index contributed by atoms with van der Waals surface area (Å²) in [6.07, 6.45) is 3.35. The first kappa shape index (κ1) is 22.2. The fourth-order valence-corrected chi connectivity index (χ4v) is 3.96. The molecular weight excluding hydrogens is 362 g/mol. The second-order valence-electron chi connectivity index (χ2n) is 8.54. The van der Waals surface area contributed by atoms with Crippen molar-refractivity contribution in [2.45, 2.75) is 59.4 Å². The molecule has 1 saturated carbocycles. The van der Waals surface area contributed by atoms with Gasteiger partial charge in [-0.1, -0.05) is 40.5 Å². The number of amides is 4. The molecular formula is C20H33N3O5. The predicted molar refractivity (Wildman–Crippen MR) is 103 cm³/mol. The zero-order valence-corrected chi connectivity index (χ0v) is 17.3. The van der Waals surface area contributed by atoms with E-state index in [1.807, 2.05) is 18.7 Å². The maximum Gasteiger partial charge on any atom is 0.321 e. The van der Waals surface area contributed by atoms with Crippen LogP contribution in [-0.2, 0) is 19.1 Å². The molecule has 0 aromatic rings. The molecule has 2 N–H and O–H groups in total. The highest BCUT2D eigenvalue weighted by molar-refractivity contribution is 5.96. The minimum absolute atomic E-state index is 0.0228. The van der Waals surface area contributed by atoms with Crippen LogP contribution in [-0.4, -0.2) is 54.5 Å². The van der Waals surface area contributed by atoms with Crippen molar-refractivity contribution in [2.75, 3.05) is 19.7 Å². The molecule has 2 aliphatic rings. The number of hydrogen-bond donors (Lipinski definition) is 2. The van der Waals surface area contributed by atoms with Gasteiger partial charge in [0.25, 0.3) is 5.91 Å². The highest BCUT2D eigenvalue weighted by Crippen LogP contribution is 2.35. The molecule has 1 aliphatic heterocycles. The van der Waals surface area contributed by atoms with E-state index in [0.29, 0.717) is 24.9 Å². The van der Waals surface area contributed by atoms with Crippen molar-refractivity contribution in [1.29, 1.82) is 0 Å². The van der Waals surface area contributed by atoms with Crippen molar-refractivity contribution in [3.05, 3.63) is 0 Å². The number of ether oxygens (including phenoxy) is 1. The number of imide groups is 1. The fraction of sp³-hybridized carbons (Fsp3) is 0.800. The van der Waals surface area contributed by atoms with E-state index in [1.165, 1.54) is 6.42 Å². The van der Waals surface area contributed by atoms with Crippen molar-refractivity contribution >= 4 is 23.8 Å². The van der Waals surface area contributed by atoms with Crippen molar-refractivity contribution in [3.63, 3.8) is 0 Å². The number of carbonyl (C=O) groups excluding carboxylic acids is 4. The number of urea groups is 1. The Kier molecular flexibility index (Phi) is 7.83. The van der Waals surface area contributed by atoms with Crippen LogP contribution in [0, 0.1) is 23.7 Å². The second-order valence-corrected chi connectivity index (χ2v) is 8.54. The molecule has 0 bridgehead atoms. The minimum Gasteiger partial charge on any atom is -0.455 e. The molecule has 1 saturated heterocycles. The zero-order valence-electron chi connectivity index (χ0n) is 17.3. The summed E-state index contributed by atoms with van der Waals surface area (Å²) in [6.45, 7) is 8.50. The molecule has 4 atom stereocenters. The van der Waals surface area contributed by atoms with Crippen LogP contribution < -0.4 is 10.6 Å². The monoisotopic (exact) mass is 395 g/mol. The third kappa shape index (κ3) is 5.94. The van der Waals surface area contributed by atoms with Crippen LogP contribution in [0.15, 0.2) is 0 Å². The lowest BCUT2D eigenvalue weighted by Gasteiger charge is -2.39. The molecule has 0 radical (unpaired) electrons. The Morgan fingerprint density at radius 2 is 1.93 bits per heavy atom. The average Bonchev–Trinajstić information content (AvgIpc) is 3.02. The van der Waals surface area contributed by atoms with Crippen molar-refractivity contribution in [3.8, 4) is 0 Å². The molecule has 158 valence electrons. The van der Waals surface area contributed by atoms with Crippen molar-refractivity contribution in [2.24, 2.45) is 23.7 Å². The number of hydrogen-bond acceptors (Lipinski definition) is 5. The second kappa shape index (κ2) is 9.89. The van der Waals surface area contributed by atoms with Crippen LogP contribution in [0.25, 0.3) is 0 Å². The van der Waals surface area contributed by atoms with Crippen LogP contribution in [0.2, 0.25) is 0 Å². The standard InChI is InChI=1S/C20H33N3O5/c1-12(2)9-21-20(27)22-17(24)11-28-19(26)15-8-18(25)23(10-15)16-7-5-6-13(3)14(16)4/h12-16H,5-11H2,1-4H3,(H2,21,22,24,27)/t13-,14-,15-,16-/m1/s1. The van der Waals surface area contributed by atoms with Gasteiger partial charge < -0.3 is 15.0 Å². The molecule has 28 heavy (non-hydrogen) atoms. The predicted octanol–water partition coefficient (Wildman–Crippen LogP) is 1.68. The normalized spacial score (nSPS) is 27.6. The van der Waals surface area contributed by atoms with E-state index in [1.54, 1.807) is 0 Å². The summed E-state index contributed by atoms with van der Waals surface area (Å²) in [5, 5.41) is 4.67. The number of nitrogens with zero attached hydrogens (tertiary/aromatic N) is 1. The van der Waals surface area contributed by atoms with Gasteiger partial charge >= 0.3 is 12.0 Å². The molecule has 1 heterocycles. The van der Waals surface area contributed by atoms with Gasteiger partial charge in [-0.05, 0) is 24.2 Å². The van der Waals surface area contributed by atoms with Gasteiger partial charge in [0.1, 0.15) is 0 Å². The van der Waals surface area contributed by atoms with Crippen LogP contribution in [0.5, 0.6) is 0 Å². The molecule has 8 heteroatoms. The molecule has 0 aromatic carbocycles. The SMILES string of the molecule is CC(C)CNC(=O)NC(=O)COC(=O)[C@@H]1CC(=O)N([C@@H]2CCC[C@@H](C)[C@H]2C)C1. The van der Waals surface area contributed by atoms with E-state index < -0.39 is 30.4 Å². The van der Waals surface area contributed by atoms with E-state index in [-0.39, 0.29) is 24.3 Å². The Morgan fingerprint density at radius 3 is 2.61 bits per heavy atom. The summed E-state index contributed by atoms with van der Waals surface area (Å²) >= 11 is 0. The molecule has 0 unspecified atom stereocenters. The largest absolute Gasteiger partial charge is 0.455 e. The summed E-state index contributed by atoms with van der Waals surface area (Å²) in [5.41, 5.74) is 0. The van der Waals surface area contributed by atoms with Crippen LogP contribution in [0.3, 0.4) is 0 Å². The zero-order chi connectivity index (χ0) is 20.8. The van der Waals surface area contributed by atoms with Gasteiger partial charge in [0.15, 0.2) is 6.61 Å².